The highest BCUT2D eigenvalue weighted by atomic mass is 16.3. The van der Waals surface area contributed by atoms with Gasteiger partial charge in [-0.05, 0) is 76.2 Å². The molecule has 0 saturated carbocycles. The van der Waals surface area contributed by atoms with E-state index in [-0.39, 0.29) is 5.91 Å². The van der Waals surface area contributed by atoms with Crippen LogP contribution < -0.4 is 5.32 Å². The maximum absolute atomic E-state index is 12.4. The van der Waals surface area contributed by atoms with Gasteiger partial charge < -0.3 is 15.3 Å². The van der Waals surface area contributed by atoms with E-state index in [4.69, 9.17) is 0 Å². The van der Waals surface area contributed by atoms with Gasteiger partial charge in [-0.15, -0.1) is 0 Å². The van der Waals surface area contributed by atoms with Crippen LogP contribution >= 0.6 is 0 Å². The number of carbonyl (C=O) groups excluding carboxylic acids is 1. The third-order valence-electron chi connectivity index (χ3n) is 5.21. The number of amides is 1. The molecule has 0 unspecified atom stereocenters. The van der Waals surface area contributed by atoms with Crippen LogP contribution in [0.5, 0.6) is 0 Å². The molecule has 4 heteroatoms. The van der Waals surface area contributed by atoms with Crippen molar-refractivity contribution in [2.75, 3.05) is 19.6 Å². The van der Waals surface area contributed by atoms with Gasteiger partial charge in [0.2, 0.25) is 0 Å². The van der Waals surface area contributed by atoms with Crippen molar-refractivity contribution in [2.45, 2.75) is 51.2 Å². The summed E-state index contributed by atoms with van der Waals surface area (Å²) in [6.45, 7) is 7.02. The van der Waals surface area contributed by atoms with Crippen LogP contribution in [0.15, 0.2) is 24.3 Å². The second kappa shape index (κ2) is 6.62. The predicted octanol–water partition coefficient (Wildman–Crippen LogP) is 2.21. The summed E-state index contributed by atoms with van der Waals surface area (Å²) in [7, 11) is 0. The van der Waals surface area contributed by atoms with Crippen LogP contribution in [0.25, 0.3) is 0 Å². The van der Waals surface area contributed by atoms with Gasteiger partial charge in [0.1, 0.15) is 0 Å². The number of hydrogen-bond donors (Lipinski definition) is 2. The summed E-state index contributed by atoms with van der Waals surface area (Å²) < 4.78 is 0. The van der Waals surface area contributed by atoms with Crippen molar-refractivity contribution in [1.29, 1.82) is 0 Å². The minimum atomic E-state index is -0.647. The molecule has 126 valence electrons. The number of piperidine rings is 3. The number of fused-ring (bicyclic) bond motifs is 3. The third-order valence-corrected chi connectivity index (χ3v) is 5.21. The second-order valence-corrected chi connectivity index (χ2v) is 7.73. The van der Waals surface area contributed by atoms with Gasteiger partial charge in [-0.2, -0.15) is 0 Å². The number of hydrogen-bond acceptors (Lipinski definition) is 3. The lowest BCUT2D eigenvalue weighted by atomic mass is 9.84. The summed E-state index contributed by atoms with van der Waals surface area (Å²) in [5.41, 5.74) is 1.24. The van der Waals surface area contributed by atoms with Crippen LogP contribution in [-0.4, -0.2) is 47.2 Å². The fraction of sp³-hybridized carbons (Fsp3) is 0.632. The van der Waals surface area contributed by atoms with Crippen molar-refractivity contribution >= 4 is 5.91 Å². The topological polar surface area (TPSA) is 52.6 Å². The minimum absolute atomic E-state index is 0.0396. The van der Waals surface area contributed by atoms with Crippen molar-refractivity contribution in [1.82, 2.24) is 10.2 Å². The molecule has 2 bridgehead atoms. The molecule has 0 radical (unpaired) electrons. The molecule has 23 heavy (non-hydrogen) atoms. The number of aliphatic hydroxyl groups is 1. The Kier molecular flexibility index (Phi) is 4.74. The molecule has 1 aromatic carbocycles. The van der Waals surface area contributed by atoms with Gasteiger partial charge in [-0.1, -0.05) is 12.1 Å². The number of nitrogens with zero attached hydrogens (tertiary/aromatic N) is 1. The van der Waals surface area contributed by atoms with Crippen molar-refractivity contribution in [3.8, 4) is 0 Å². The molecular weight excluding hydrogens is 288 g/mol. The monoisotopic (exact) mass is 316 g/mol. The van der Waals surface area contributed by atoms with Gasteiger partial charge in [0, 0.05) is 18.2 Å². The summed E-state index contributed by atoms with van der Waals surface area (Å²) in [4.78, 5) is 14.9. The van der Waals surface area contributed by atoms with Gasteiger partial charge in [-0.25, -0.2) is 0 Å². The Bertz CT molecular complexity index is 539. The first-order valence-electron chi connectivity index (χ1n) is 8.75. The second-order valence-electron chi connectivity index (χ2n) is 7.73. The van der Waals surface area contributed by atoms with E-state index in [0.29, 0.717) is 12.0 Å². The molecule has 1 amide bonds. The quantitative estimate of drug-likeness (QED) is 0.876. The van der Waals surface area contributed by atoms with Crippen molar-refractivity contribution in [3.05, 3.63) is 35.4 Å². The Morgan fingerprint density at radius 3 is 2.43 bits per heavy atom. The molecule has 0 spiro atoms. The molecule has 3 aliphatic heterocycles. The summed E-state index contributed by atoms with van der Waals surface area (Å²) >= 11 is 0. The summed E-state index contributed by atoms with van der Waals surface area (Å²) in [6.07, 6.45) is 3.96. The standard InChI is InChI=1S/C19H28N2O2/c1-19(2,23)10-7-14-3-5-16(6-4-14)18(22)20-17-13-21-11-8-15(17)9-12-21/h3-6,15,17,23H,7-13H2,1-2H3,(H,20,22)/t17-/m0/s1. The highest BCUT2D eigenvalue weighted by molar-refractivity contribution is 5.94. The van der Waals surface area contributed by atoms with Gasteiger partial charge >= 0.3 is 0 Å². The highest BCUT2D eigenvalue weighted by Gasteiger charge is 2.34. The Hall–Kier alpha value is -1.39. The Morgan fingerprint density at radius 2 is 1.91 bits per heavy atom. The van der Waals surface area contributed by atoms with Crippen molar-refractivity contribution in [2.24, 2.45) is 5.92 Å². The minimum Gasteiger partial charge on any atom is -0.390 e. The molecule has 3 heterocycles. The molecule has 0 aliphatic carbocycles. The zero-order chi connectivity index (χ0) is 16.4. The maximum Gasteiger partial charge on any atom is 0.251 e. The van der Waals surface area contributed by atoms with E-state index in [1.807, 2.05) is 38.1 Å². The first kappa shape index (κ1) is 16.5. The highest BCUT2D eigenvalue weighted by Crippen LogP contribution is 2.27. The van der Waals surface area contributed by atoms with Crippen LogP contribution in [0.1, 0.15) is 49.0 Å². The molecule has 1 aromatic rings. The Balaban J connectivity index is 1.55. The normalized spacial score (nSPS) is 27.0. The van der Waals surface area contributed by atoms with E-state index in [0.717, 1.165) is 30.5 Å². The number of nitrogens with one attached hydrogen (secondary N) is 1. The van der Waals surface area contributed by atoms with Crippen LogP contribution in [0.4, 0.5) is 0 Å². The number of rotatable bonds is 5. The zero-order valence-corrected chi connectivity index (χ0v) is 14.2. The number of aryl methyl sites for hydroxylation is 1. The van der Waals surface area contributed by atoms with E-state index < -0.39 is 5.60 Å². The van der Waals surface area contributed by atoms with Crippen LogP contribution in [0.3, 0.4) is 0 Å². The molecule has 3 saturated heterocycles. The Labute approximate surface area is 138 Å². The van der Waals surface area contributed by atoms with Gasteiger partial charge in [0.15, 0.2) is 0 Å². The number of carbonyl (C=O) groups is 1. The maximum atomic E-state index is 12.4. The largest absolute Gasteiger partial charge is 0.390 e. The average molecular weight is 316 g/mol. The molecule has 4 rings (SSSR count). The van der Waals surface area contributed by atoms with Gasteiger partial charge in [-0.3, -0.25) is 4.79 Å². The molecule has 2 N–H and O–H groups in total. The lowest BCUT2D eigenvalue weighted by molar-refractivity contribution is 0.0620. The fourth-order valence-corrected chi connectivity index (χ4v) is 3.65. The smallest absolute Gasteiger partial charge is 0.251 e. The first-order valence-corrected chi connectivity index (χ1v) is 8.75. The zero-order valence-electron chi connectivity index (χ0n) is 14.2. The van der Waals surface area contributed by atoms with Crippen molar-refractivity contribution < 1.29 is 9.90 Å². The summed E-state index contributed by atoms with van der Waals surface area (Å²) in [5, 5.41) is 13.0. The Morgan fingerprint density at radius 1 is 1.26 bits per heavy atom. The lowest BCUT2D eigenvalue weighted by Gasteiger charge is -2.44. The average Bonchev–Trinajstić information content (AvgIpc) is 2.54. The lowest BCUT2D eigenvalue weighted by Crippen LogP contribution is -2.57. The van der Waals surface area contributed by atoms with E-state index in [2.05, 4.69) is 10.2 Å². The third kappa shape index (κ3) is 4.33. The van der Waals surface area contributed by atoms with Crippen LogP contribution in [0.2, 0.25) is 0 Å². The van der Waals surface area contributed by atoms with E-state index in [1.54, 1.807) is 0 Å². The first-order chi connectivity index (χ1) is 10.9. The van der Waals surface area contributed by atoms with Gasteiger partial charge in [0.25, 0.3) is 5.91 Å². The number of benzene rings is 1. The molecule has 3 aliphatic rings. The molecule has 0 aromatic heterocycles. The summed E-state index contributed by atoms with van der Waals surface area (Å²) in [5.74, 6) is 0.688. The predicted molar refractivity (Wildman–Crippen MR) is 91.5 cm³/mol. The SMILES string of the molecule is CC(C)(O)CCc1ccc(C(=O)N[C@H]2CN3CCC2CC3)cc1. The van der Waals surface area contributed by atoms with E-state index in [9.17, 15) is 9.90 Å². The fourth-order valence-electron chi connectivity index (χ4n) is 3.65. The van der Waals surface area contributed by atoms with Crippen LogP contribution in [-0.2, 0) is 6.42 Å². The summed E-state index contributed by atoms with van der Waals surface area (Å²) in [6, 6.07) is 8.10. The van der Waals surface area contributed by atoms with Gasteiger partial charge in [0.05, 0.1) is 5.60 Å². The molecular formula is C19H28N2O2. The van der Waals surface area contributed by atoms with E-state index in [1.165, 1.54) is 25.9 Å². The molecule has 3 fully saturated rings. The molecule has 1 atom stereocenters. The van der Waals surface area contributed by atoms with E-state index >= 15 is 0 Å². The molecule has 4 nitrogen and oxygen atoms in total. The van der Waals surface area contributed by atoms with Crippen molar-refractivity contribution in [3.63, 3.8) is 0 Å². The van der Waals surface area contributed by atoms with Crippen LogP contribution in [0, 0.1) is 5.92 Å².